The van der Waals surface area contributed by atoms with Crippen molar-refractivity contribution in [3.05, 3.63) is 35.6 Å². The lowest BCUT2D eigenvalue weighted by molar-refractivity contribution is 0.442. The number of fused-ring (bicyclic) bond motifs is 3. The molecule has 2 heteroatoms. The highest BCUT2D eigenvalue weighted by molar-refractivity contribution is 5.82. The topological polar surface area (TPSA) is 39.2 Å². The van der Waals surface area contributed by atoms with Gasteiger partial charge in [0, 0.05) is 10.9 Å². The SMILES string of the molecule is NC1CCCc2c1oc1ccccc21. The normalized spacial score (nSPS) is 21.1. The van der Waals surface area contributed by atoms with Gasteiger partial charge in [0.1, 0.15) is 11.3 Å². The highest BCUT2D eigenvalue weighted by atomic mass is 16.3. The molecule has 0 bridgehead atoms. The van der Waals surface area contributed by atoms with E-state index in [0.29, 0.717) is 0 Å². The highest BCUT2D eigenvalue weighted by Crippen LogP contribution is 2.35. The molecule has 2 nitrogen and oxygen atoms in total. The van der Waals surface area contributed by atoms with E-state index in [0.717, 1.165) is 24.2 Å². The van der Waals surface area contributed by atoms with Crippen LogP contribution in [0.2, 0.25) is 0 Å². The number of furan rings is 1. The van der Waals surface area contributed by atoms with Crippen LogP contribution in [0.4, 0.5) is 0 Å². The van der Waals surface area contributed by atoms with Crippen LogP contribution < -0.4 is 5.73 Å². The van der Waals surface area contributed by atoms with Crippen LogP contribution in [0.15, 0.2) is 28.7 Å². The van der Waals surface area contributed by atoms with Crippen molar-refractivity contribution in [2.75, 3.05) is 0 Å². The van der Waals surface area contributed by atoms with Crippen LogP contribution in [0.5, 0.6) is 0 Å². The summed E-state index contributed by atoms with van der Waals surface area (Å²) in [6, 6.07) is 8.29. The third-order valence-corrected chi connectivity index (χ3v) is 3.01. The minimum absolute atomic E-state index is 0.103. The van der Waals surface area contributed by atoms with Crippen molar-refractivity contribution in [2.45, 2.75) is 25.3 Å². The molecule has 1 aromatic heterocycles. The summed E-state index contributed by atoms with van der Waals surface area (Å²) >= 11 is 0. The molecule has 0 aliphatic heterocycles. The molecule has 1 heterocycles. The first-order valence-corrected chi connectivity index (χ1v) is 5.12. The maximum absolute atomic E-state index is 6.02. The molecule has 0 fully saturated rings. The van der Waals surface area contributed by atoms with Gasteiger partial charge in [0.15, 0.2) is 0 Å². The zero-order chi connectivity index (χ0) is 9.54. The molecule has 0 radical (unpaired) electrons. The summed E-state index contributed by atoms with van der Waals surface area (Å²) in [5.41, 5.74) is 8.33. The van der Waals surface area contributed by atoms with Crippen LogP contribution in [0.1, 0.15) is 30.2 Å². The summed E-state index contributed by atoms with van der Waals surface area (Å²) in [5.74, 6) is 1.01. The second kappa shape index (κ2) is 2.85. The summed E-state index contributed by atoms with van der Waals surface area (Å²) in [4.78, 5) is 0. The van der Waals surface area contributed by atoms with Gasteiger partial charge in [0.05, 0.1) is 6.04 Å². The second-order valence-corrected chi connectivity index (χ2v) is 3.94. The van der Waals surface area contributed by atoms with Crippen LogP contribution >= 0.6 is 0 Å². The molecule has 0 saturated carbocycles. The van der Waals surface area contributed by atoms with Gasteiger partial charge in [-0.3, -0.25) is 0 Å². The van der Waals surface area contributed by atoms with Crippen molar-refractivity contribution in [1.82, 2.24) is 0 Å². The van der Waals surface area contributed by atoms with Crippen LogP contribution in [0.25, 0.3) is 11.0 Å². The van der Waals surface area contributed by atoms with Crippen LogP contribution in [-0.4, -0.2) is 0 Å². The van der Waals surface area contributed by atoms with Crippen molar-refractivity contribution in [3.63, 3.8) is 0 Å². The van der Waals surface area contributed by atoms with E-state index in [2.05, 4.69) is 12.1 Å². The van der Waals surface area contributed by atoms with E-state index < -0.39 is 0 Å². The molecule has 72 valence electrons. The summed E-state index contributed by atoms with van der Waals surface area (Å²) in [6.07, 6.45) is 3.34. The van der Waals surface area contributed by atoms with Crippen LogP contribution in [0, 0.1) is 0 Å². The Kier molecular flexibility index (Phi) is 1.64. The van der Waals surface area contributed by atoms with Gasteiger partial charge in [0.2, 0.25) is 0 Å². The van der Waals surface area contributed by atoms with E-state index in [4.69, 9.17) is 10.2 Å². The van der Waals surface area contributed by atoms with Crippen molar-refractivity contribution >= 4 is 11.0 Å². The quantitative estimate of drug-likeness (QED) is 0.688. The van der Waals surface area contributed by atoms with E-state index in [9.17, 15) is 0 Å². The molecule has 0 amide bonds. The molecule has 1 atom stereocenters. The van der Waals surface area contributed by atoms with E-state index in [1.54, 1.807) is 0 Å². The van der Waals surface area contributed by atoms with E-state index in [1.807, 2.05) is 12.1 Å². The summed E-state index contributed by atoms with van der Waals surface area (Å²) in [7, 11) is 0. The lowest BCUT2D eigenvalue weighted by atomic mass is 9.93. The fraction of sp³-hybridized carbons (Fsp3) is 0.333. The number of rotatable bonds is 0. The minimum atomic E-state index is 0.103. The van der Waals surface area contributed by atoms with Crippen LogP contribution in [-0.2, 0) is 6.42 Å². The average molecular weight is 187 g/mol. The standard InChI is InChI=1S/C12H13NO/c13-10-6-3-5-9-8-4-1-2-7-11(8)14-12(9)10/h1-2,4,7,10H,3,5-6,13H2. The fourth-order valence-corrected chi connectivity index (χ4v) is 2.30. The lowest BCUT2D eigenvalue weighted by Gasteiger charge is -2.16. The lowest BCUT2D eigenvalue weighted by Crippen LogP contribution is -2.15. The Labute approximate surface area is 82.7 Å². The first kappa shape index (κ1) is 8.06. The number of para-hydroxylation sites is 1. The number of aryl methyl sites for hydroxylation is 1. The van der Waals surface area contributed by atoms with Crippen molar-refractivity contribution in [2.24, 2.45) is 5.73 Å². The van der Waals surface area contributed by atoms with Gasteiger partial charge in [-0.05, 0) is 25.3 Å². The number of hydrogen-bond acceptors (Lipinski definition) is 2. The molecular formula is C12H13NO. The smallest absolute Gasteiger partial charge is 0.134 e. The van der Waals surface area contributed by atoms with Crippen molar-refractivity contribution < 1.29 is 4.42 Å². The second-order valence-electron chi connectivity index (χ2n) is 3.94. The molecule has 1 aromatic carbocycles. The van der Waals surface area contributed by atoms with E-state index in [-0.39, 0.29) is 6.04 Å². The Hall–Kier alpha value is -1.28. The molecule has 1 aliphatic carbocycles. The first-order valence-electron chi connectivity index (χ1n) is 5.12. The molecule has 3 rings (SSSR count). The predicted molar refractivity (Wildman–Crippen MR) is 56.1 cm³/mol. The Morgan fingerprint density at radius 2 is 2.14 bits per heavy atom. The Bertz CT molecular complexity index is 472. The number of benzene rings is 1. The molecule has 14 heavy (non-hydrogen) atoms. The molecule has 0 saturated heterocycles. The van der Waals surface area contributed by atoms with E-state index in [1.165, 1.54) is 17.4 Å². The van der Waals surface area contributed by atoms with Gasteiger partial charge in [-0.1, -0.05) is 18.2 Å². The van der Waals surface area contributed by atoms with Crippen molar-refractivity contribution in [1.29, 1.82) is 0 Å². The third kappa shape index (κ3) is 1.01. The average Bonchev–Trinajstić information content (AvgIpc) is 2.59. The first-order chi connectivity index (χ1) is 6.86. The van der Waals surface area contributed by atoms with E-state index >= 15 is 0 Å². The maximum Gasteiger partial charge on any atom is 0.134 e. The van der Waals surface area contributed by atoms with Gasteiger partial charge in [-0.15, -0.1) is 0 Å². The predicted octanol–water partition coefficient (Wildman–Crippen LogP) is 2.77. The highest BCUT2D eigenvalue weighted by Gasteiger charge is 2.23. The van der Waals surface area contributed by atoms with Gasteiger partial charge in [-0.2, -0.15) is 0 Å². The Balaban J connectivity index is 2.32. The Morgan fingerprint density at radius 1 is 1.29 bits per heavy atom. The molecule has 2 aromatic rings. The van der Waals surface area contributed by atoms with Crippen molar-refractivity contribution in [3.8, 4) is 0 Å². The molecule has 0 spiro atoms. The summed E-state index contributed by atoms with van der Waals surface area (Å²) in [6.45, 7) is 0. The molecule has 2 N–H and O–H groups in total. The monoisotopic (exact) mass is 187 g/mol. The van der Waals surface area contributed by atoms with Gasteiger partial charge >= 0.3 is 0 Å². The zero-order valence-electron chi connectivity index (χ0n) is 7.99. The van der Waals surface area contributed by atoms with Gasteiger partial charge < -0.3 is 10.2 Å². The number of nitrogens with two attached hydrogens (primary N) is 1. The minimum Gasteiger partial charge on any atom is -0.459 e. The maximum atomic E-state index is 6.02. The summed E-state index contributed by atoms with van der Waals surface area (Å²) in [5, 5.41) is 1.25. The summed E-state index contributed by atoms with van der Waals surface area (Å²) < 4.78 is 5.78. The van der Waals surface area contributed by atoms with Gasteiger partial charge in [0.25, 0.3) is 0 Å². The molecule has 1 unspecified atom stereocenters. The van der Waals surface area contributed by atoms with Gasteiger partial charge in [-0.25, -0.2) is 0 Å². The number of hydrogen-bond donors (Lipinski definition) is 1. The third-order valence-electron chi connectivity index (χ3n) is 3.01. The van der Waals surface area contributed by atoms with Crippen LogP contribution in [0.3, 0.4) is 0 Å². The fourth-order valence-electron chi connectivity index (χ4n) is 2.30. The largest absolute Gasteiger partial charge is 0.459 e. The zero-order valence-corrected chi connectivity index (χ0v) is 7.99. The Morgan fingerprint density at radius 3 is 3.07 bits per heavy atom. The molecule has 1 aliphatic rings. The molecular weight excluding hydrogens is 174 g/mol.